The maximum atomic E-state index is 13.5. The Bertz CT molecular complexity index is 696. The second-order valence-electron chi connectivity index (χ2n) is 4.00. The Balaban J connectivity index is 2.71. The van der Waals surface area contributed by atoms with Crippen LogP contribution >= 0.6 is 11.8 Å². The van der Waals surface area contributed by atoms with Gasteiger partial charge in [0.15, 0.2) is 46.5 Å². The van der Waals surface area contributed by atoms with Gasteiger partial charge in [0.2, 0.25) is 5.82 Å². The lowest BCUT2D eigenvalue weighted by Gasteiger charge is -2.12. The van der Waals surface area contributed by atoms with Crippen molar-refractivity contribution in [3.05, 3.63) is 52.4 Å². The molecule has 2 aromatic rings. The number of benzene rings is 2. The molecule has 23 heavy (non-hydrogen) atoms. The van der Waals surface area contributed by atoms with Gasteiger partial charge in [-0.15, -0.1) is 0 Å². The molecule has 2 N–H and O–H groups in total. The standard InChI is InChI=1S/C12H2F9NS/c13-1-3(15)7(19)11(8(20)4(1)16)23-12-9(21)5(17)2(14)6(18)10(12)22/h22H2. The van der Waals surface area contributed by atoms with Crippen molar-refractivity contribution in [2.45, 2.75) is 9.79 Å². The first-order chi connectivity index (χ1) is 10.6. The second-order valence-corrected chi connectivity index (χ2v) is 5.02. The number of nitrogens with two attached hydrogens (primary N) is 1. The fourth-order valence-electron chi connectivity index (χ4n) is 1.50. The van der Waals surface area contributed by atoms with Crippen LogP contribution in [0.2, 0.25) is 0 Å². The molecule has 0 aliphatic rings. The van der Waals surface area contributed by atoms with Gasteiger partial charge in [0.25, 0.3) is 0 Å². The number of hydrogen-bond acceptors (Lipinski definition) is 2. The summed E-state index contributed by atoms with van der Waals surface area (Å²) in [4.78, 5) is -3.03. The Morgan fingerprint density at radius 3 is 1.17 bits per heavy atom. The van der Waals surface area contributed by atoms with E-state index in [0.717, 1.165) is 0 Å². The van der Waals surface area contributed by atoms with Crippen LogP contribution in [0.4, 0.5) is 45.2 Å². The summed E-state index contributed by atoms with van der Waals surface area (Å²) in [7, 11) is 0. The summed E-state index contributed by atoms with van der Waals surface area (Å²) in [6.45, 7) is 0. The van der Waals surface area contributed by atoms with E-state index in [9.17, 15) is 39.5 Å². The molecule has 0 aliphatic carbocycles. The van der Waals surface area contributed by atoms with Crippen molar-refractivity contribution < 1.29 is 39.5 Å². The zero-order valence-electron chi connectivity index (χ0n) is 10.4. The summed E-state index contributed by atoms with van der Waals surface area (Å²) in [5.74, 6) is -20.8. The molecule has 2 aromatic carbocycles. The number of rotatable bonds is 2. The summed E-state index contributed by atoms with van der Waals surface area (Å²) < 4.78 is 119. The number of nitrogen functional groups attached to an aromatic ring is 1. The molecule has 0 saturated heterocycles. The van der Waals surface area contributed by atoms with Gasteiger partial charge in [-0.25, -0.2) is 39.5 Å². The Morgan fingerprint density at radius 1 is 0.435 bits per heavy atom. The van der Waals surface area contributed by atoms with E-state index >= 15 is 0 Å². The van der Waals surface area contributed by atoms with Crippen LogP contribution in [0.5, 0.6) is 0 Å². The number of anilines is 1. The summed E-state index contributed by atoms with van der Waals surface area (Å²) in [6, 6.07) is 0. The summed E-state index contributed by atoms with van der Waals surface area (Å²) in [5.41, 5.74) is 3.56. The lowest BCUT2D eigenvalue weighted by Crippen LogP contribution is -2.07. The predicted molar refractivity (Wildman–Crippen MR) is 61.0 cm³/mol. The Morgan fingerprint density at radius 2 is 0.739 bits per heavy atom. The average molecular weight is 363 g/mol. The highest BCUT2D eigenvalue weighted by molar-refractivity contribution is 7.99. The van der Waals surface area contributed by atoms with Crippen molar-refractivity contribution in [3.8, 4) is 0 Å². The van der Waals surface area contributed by atoms with Gasteiger partial charge >= 0.3 is 0 Å². The van der Waals surface area contributed by atoms with Crippen LogP contribution in [0.15, 0.2) is 9.79 Å². The van der Waals surface area contributed by atoms with Gasteiger partial charge in [0.05, 0.1) is 15.5 Å². The fourth-order valence-corrected chi connectivity index (χ4v) is 2.45. The molecule has 124 valence electrons. The first-order valence-corrected chi connectivity index (χ1v) is 6.21. The van der Waals surface area contributed by atoms with Crippen molar-refractivity contribution in [2.24, 2.45) is 0 Å². The smallest absolute Gasteiger partial charge is 0.200 e. The van der Waals surface area contributed by atoms with Crippen molar-refractivity contribution in [2.75, 3.05) is 5.73 Å². The van der Waals surface area contributed by atoms with E-state index in [1.54, 1.807) is 0 Å². The molecule has 0 amide bonds. The molecule has 0 atom stereocenters. The normalized spacial score (nSPS) is 11.2. The van der Waals surface area contributed by atoms with E-state index < -0.39 is 79.6 Å². The quantitative estimate of drug-likeness (QED) is 0.363. The van der Waals surface area contributed by atoms with Crippen LogP contribution in [0.3, 0.4) is 0 Å². The van der Waals surface area contributed by atoms with Crippen LogP contribution in [0.1, 0.15) is 0 Å². The van der Waals surface area contributed by atoms with Crippen LogP contribution in [-0.2, 0) is 0 Å². The van der Waals surface area contributed by atoms with Gasteiger partial charge in [-0.3, -0.25) is 0 Å². The number of hydrogen-bond donors (Lipinski definition) is 1. The lowest BCUT2D eigenvalue weighted by molar-refractivity contribution is 0.360. The molecule has 0 unspecified atom stereocenters. The van der Waals surface area contributed by atoms with Crippen molar-refractivity contribution in [3.63, 3.8) is 0 Å². The lowest BCUT2D eigenvalue weighted by atomic mass is 10.2. The maximum absolute atomic E-state index is 13.5. The van der Waals surface area contributed by atoms with Gasteiger partial charge in [-0.05, 0) is 0 Å². The molecule has 11 heteroatoms. The number of halogens is 9. The molecule has 0 fully saturated rings. The van der Waals surface area contributed by atoms with Crippen LogP contribution in [0, 0.1) is 52.4 Å². The van der Waals surface area contributed by atoms with E-state index in [1.807, 2.05) is 0 Å². The van der Waals surface area contributed by atoms with Gasteiger partial charge in [-0.1, -0.05) is 11.8 Å². The van der Waals surface area contributed by atoms with Gasteiger partial charge in [-0.2, -0.15) is 0 Å². The molecule has 0 bridgehead atoms. The van der Waals surface area contributed by atoms with E-state index in [2.05, 4.69) is 0 Å². The third kappa shape index (κ3) is 2.58. The Hall–Kier alpha value is -2.04. The zero-order valence-corrected chi connectivity index (χ0v) is 11.2. The van der Waals surface area contributed by atoms with E-state index in [4.69, 9.17) is 5.73 Å². The molecule has 0 saturated carbocycles. The molecular weight excluding hydrogens is 361 g/mol. The zero-order chi connectivity index (χ0) is 17.6. The first-order valence-electron chi connectivity index (χ1n) is 5.40. The van der Waals surface area contributed by atoms with Crippen LogP contribution in [-0.4, -0.2) is 0 Å². The third-order valence-corrected chi connectivity index (χ3v) is 3.80. The maximum Gasteiger partial charge on any atom is 0.200 e. The van der Waals surface area contributed by atoms with Crippen LogP contribution in [0.25, 0.3) is 0 Å². The Kier molecular flexibility index (Phi) is 4.42. The molecule has 0 spiro atoms. The average Bonchev–Trinajstić information content (AvgIpc) is 2.54. The summed E-state index contributed by atoms with van der Waals surface area (Å²) in [6.07, 6.45) is 0. The van der Waals surface area contributed by atoms with E-state index in [0.29, 0.717) is 0 Å². The predicted octanol–water partition coefficient (Wildman–Crippen LogP) is 4.67. The minimum Gasteiger partial charge on any atom is -0.395 e. The highest BCUT2D eigenvalue weighted by Gasteiger charge is 2.30. The van der Waals surface area contributed by atoms with Gasteiger partial charge in [0, 0.05) is 0 Å². The molecule has 1 nitrogen and oxygen atoms in total. The molecule has 0 heterocycles. The summed E-state index contributed by atoms with van der Waals surface area (Å²) >= 11 is -0.575. The second kappa shape index (κ2) is 5.87. The molecule has 2 rings (SSSR count). The largest absolute Gasteiger partial charge is 0.395 e. The van der Waals surface area contributed by atoms with Crippen molar-refractivity contribution in [1.29, 1.82) is 0 Å². The monoisotopic (exact) mass is 363 g/mol. The highest BCUT2D eigenvalue weighted by atomic mass is 32.2. The SMILES string of the molecule is Nc1c(F)c(F)c(F)c(F)c1Sc1c(F)c(F)c(F)c(F)c1F. The first kappa shape index (κ1) is 17.3. The van der Waals surface area contributed by atoms with Crippen LogP contribution < -0.4 is 5.73 Å². The van der Waals surface area contributed by atoms with Gasteiger partial charge < -0.3 is 5.73 Å². The fraction of sp³-hybridized carbons (Fsp3) is 0. The van der Waals surface area contributed by atoms with E-state index in [-0.39, 0.29) is 0 Å². The molecule has 0 aliphatic heterocycles. The van der Waals surface area contributed by atoms with Crippen molar-refractivity contribution >= 4 is 17.4 Å². The highest BCUT2D eigenvalue weighted by Crippen LogP contribution is 2.41. The minimum atomic E-state index is -2.48. The third-order valence-electron chi connectivity index (χ3n) is 2.63. The van der Waals surface area contributed by atoms with Crippen molar-refractivity contribution in [1.82, 2.24) is 0 Å². The van der Waals surface area contributed by atoms with Gasteiger partial charge in [0.1, 0.15) is 0 Å². The molecular formula is C12H2F9NS. The summed E-state index contributed by atoms with van der Waals surface area (Å²) in [5, 5.41) is 0. The molecule has 0 aromatic heterocycles. The molecule has 0 radical (unpaired) electrons. The minimum absolute atomic E-state index is 0.575. The topological polar surface area (TPSA) is 26.0 Å². The van der Waals surface area contributed by atoms with E-state index in [1.165, 1.54) is 0 Å². The Labute approximate surface area is 125 Å².